The van der Waals surface area contributed by atoms with Crippen LogP contribution in [0, 0.1) is 19.7 Å². The third kappa shape index (κ3) is 5.31. The van der Waals surface area contributed by atoms with Gasteiger partial charge < -0.3 is 13.7 Å². The summed E-state index contributed by atoms with van der Waals surface area (Å²) in [5.74, 6) is -0.604. The van der Waals surface area contributed by atoms with E-state index in [4.69, 9.17) is 9.15 Å². The van der Waals surface area contributed by atoms with Crippen LogP contribution in [0.5, 0.6) is 0 Å². The Morgan fingerprint density at radius 3 is 2.62 bits per heavy atom. The lowest BCUT2D eigenvalue weighted by molar-refractivity contribution is -0.136. The average Bonchev–Trinajstić information content (AvgIpc) is 3.32. The summed E-state index contributed by atoms with van der Waals surface area (Å²) in [7, 11) is 0. The molecule has 5 nitrogen and oxygen atoms in total. The zero-order valence-electron chi connectivity index (χ0n) is 16.4. The van der Waals surface area contributed by atoms with Gasteiger partial charge in [-0.2, -0.15) is 0 Å². The number of esters is 1. The molecule has 0 saturated carbocycles. The molecule has 0 unspecified atom stereocenters. The van der Waals surface area contributed by atoms with Crippen molar-refractivity contribution < 1.29 is 23.1 Å². The minimum atomic E-state index is -0.611. The van der Waals surface area contributed by atoms with Gasteiger partial charge in [-0.3, -0.25) is 4.79 Å². The van der Waals surface area contributed by atoms with E-state index in [2.05, 4.69) is 0 Å². The van der Waals surface area contributed by atoms with E-state index in [1.807, 2.05) is 18.4 Å². The lowest BCUT2D eigenvalue weighted by Crippen LogP contribution is -2.14. The largest absolute Gasteiger partial charge is 0.465 e. The zero-order valence-corrected chi connectivity index (χ0v) is 16.4. The van der Waals surface area contributed by atoms with Crippen LogP contribution >= 0.6 is 0 Å². The summed E-state index contributed by atoms with van der Waals surface area (Å²) >= 11 is 0. The second kappa shape index (κ2) is 9.19. The van der Waals surface area contributed by atoms with Crippen molar-refractivity contribution >= 4 is 17.8 Å². The Morgan fingerprint density at radius 2 is 1.93 bits per heavy atom. The van der Waals surface area contributed by atoms with Crippen molar-refractivity contribution in [1.82, 2.24) is 4.57 Å². The molecule has 3 aromatic rings. The molecule has 0 aliphatic carbocycles. The molecule has 0 radical (unpaired) electrons. The van der Waals surface area contributed by atoms with E-state index >= 15 is 0 Å². The van der Waals surface area contributed by atoms with E-state index < -0.39 is 5.97 Å². The van der Waals surface area contributed by atoms with Crippen LogP contribution in [0.2, 0.25) is 0 Å². The second-order valence-corrected chi connectivity index (χ2v) is 6.69. The van der Waals surface area contributed by atoms with Gasteiger partial charge in [0.15, 0.2) is 6.61 Å². The number of aryl methyl sites for hydroxylation is 2. The topological polar surface area (TPSA) is 61.4 Å². The number of ether oxygens (including phenoxy) is 1. The van der Waals surface area contributed by atoms with Gasteiger partial charge in [-0.1, -0.05) is 12.1 Å². The Bertz CT molecular complexity index is 1010. The van der Waals surface area contributed by atoms with E-state index in [1.54, 1.807) is 30.3 Å². The third-order valence-electron chi connectivity index (χ3n) is 4.68. The first-order valence-electron chi connectivity index (χ1n) is 9.27. The van der Waals surface area contributed by atoms with Crippen molar-refractivity contribution in [2.75, 3.05) is 6.61 Å². The highest BCUT2D eigenvalue weighted by Gasteiger charge is 2.17. The van der Waals surface area contributed by atoms with Crippen molar-refractivity contribution in [3.05, 3.63) is 88.9 Å². The van der Waals surface area contributed by atoms with Crippen LogP contribution in [-0.4, -0.2) is 22.9 Å². The Morgan fingerprint density at radius 1 is 1.17 bits per heavy atom. The smallest absolute Gasteiger partial charge is 0.331 e. The summed E-state index contributed by atoms with van der Waals surface area (Å²) in [6, 6.07) is 11.6. The summed E-state index contributed by atoms with van der Waals surface area (Å²) in [5, 5.41) is 0. The molecule has 6 heteroatoms. The van der Waals surface area contributed by atoms with Gasteiger partial charge >= 0.3 is 5.97 Å². The third-order valence-corrected chi connectivity index (χ3v) is 4.68. The molecule has 0 amide bonds. The summed E-state index contributed by atoms with van der Waals surface area (Å²) in [4.78, 5) is 24.3. The molecule has 0 aliphatic rings. The predicted octanol–water partition coefficient (Wildman–Crippen LogP) is 4.52. The van der Waals surface area contributed by atoms with Gasteiger partial charge in [0.05, 0.1) is 6.26 Å². The van der Waals surface area contributed by atoms with Gasteiger partial charge in [-0.25, -0.2) is 9.18 Å². The molecule has 0 fully saturated rings. The number of nitrogens with zero attached hydrogens (tertiary/aromatic N) is 1. The van der Waals surface area contributed by atoms with Crippen molar-refractivity contribution in [3.63, 3.8) is 0 Å². The van der Waals surface area contributed by atoms with Gasteiger partial charge in [0.2, 0.25) is 5.78 Å². The monoisotopic (exact) mass is 395 g/mol. The highest BCUT2D eigenvalue weighted by Crippen LogP contribution is 2.17. The molecule has 0 aliphatic heterocycles. The number of hydrogen-bond acceptors (Lipinski definition) is 4. The molecular weight excluding hydrogens is 373 g/mol. The van der Waals surface area contributed by atoms with Crippen LogP contribution in [0.4, 0.5) is 4.39 Å². The minimum Gasteiger partial charge on any atom is -0.465 e. The molecule has 3 rings (SSSR count). The minimum absolute atomic E-state index is 0.258. The van der Waals surface area contributed by atoms with Gasteiger partial charge in [-0.05, 0) is 62.2 Å². The predicted molar refractivity (Wildman–Crippen MR) is 107 cm³/mol. The molecule has 0 N–H and O–H groups in total. The molecule has 0 saturated heterocycles. The van der Waals surface area contributed by atoms with E-state index in [9.17, 15) is 14.0 Å². The molecule has 0 bridgehead atoms. The highest BCUT2D eigenvalue weighted by molar-refractivity contribution is 6.00. The second-order valence-electron chi connectivity index (χ2n) is 6.69. The maximum atomic E-state index is 13.0. The SMILES string of the molecule is Cc1cc(C(=O)COC(=O)C=Cc2ccco2)c(C)n1CCc1ccc(F)cc1. The maximum absolute atomic E-state index is 13.0. The number of benzene rings is 1. The molecule has 29 heavy (non-hydrogen) atoms. The Kier molecular flexibility index (Phi) is 6.44. The maximum Gasteiger partial charge on any atom is 0.331 e. The first-order chi connectivity index (χ1) is 13.9. The van der Waals surface area contributed by atoms with Crippen LogP contribution in [-0.2, 0) is 22.5 Å². The fourth-order valence-electron chi connectivity index (χ4n) is 3.12. The molecule has 150 valence electrons. The van der Waals surface area contributed by atoms with Crippen LogP contribution in [0.25, 0.3) is 6.08 Å². The number of ketones is 1. The summed E-state index contributed by atoms with van der Waals surface area (Å²) < 4.78 is 25.2. The summed E-state index contributed by atoms with van der Waals surface area (Å²) in [6.45, 7) is 4.13. The van der Waals surface area contributed by atoms with Crippen LogP contribution in [0.1, 0.15) is 33.1 Å². The molecule has 0 spiro atoms. The first kappa shape index (κ1) is 20.3. The van der Waals surface area contributed by atoms with Crippen molar-refractivity contribution in [1.29, 1.82) is 0 Å². The quantitative estimate of drug-likeness (QED) is 0.320. The zero-order chi connectivity index (χ0) is 20.8. The van der Waals surface area contributed by atoms with E-state index in [1.165, 1.54) is 30.5 Å². The molecule has 2 aromatic heterocycles. The van der Waals surface area contributed by atoms with E-state index in [0.29, 0.717) is 17.9 Å². The van der Waals surface area contributed by atoms with Gasteiger partial charge in [0, 0.05) is 29.6 Å². The van der Waals surface area contributed by atoms with Crippen molar-refractivity contribution in [2.45, 2.75) is 26.8 Å². The molecule has 1 aromatic carbocycles. The molecule has 0 atom stereocenters. The van der Waals surface area contributed by atoms with Crippen molar-refractivity contribution in [3.8, 4) is 0 Å². The molecule has 2 heterocycles. The number of aromatic nitrogens is 1. The number of carbonyl (C=O) groups excluding carboxylic acids is 2. The fourth-order valence-corrected chi connectivity index (χ4v) is 3.12. The lowest BCUT2D eigenvalue weighted by atomic mass is 10.1. The van der Waals surface area contributed by atoms with Gasteiger partial charge in [0.1, 0.15) is 11.6 Å². The van der Waals surface area contributed by atoms with Crippen LogP contribution in [0.15, 0.2) is 59.2 Å². The number of halogens is 1. The molecular formula is C23H22FNO4. The summed E-state index contributed by atoms with van der Waals surface area (Å²) in [5.41, 5.74) is 3.31. The number of Topliss-reactive ketones (excluding diaryl/α,β-unsaturated/α-hetero) is 1. The Labute approximate surface area is 168 Å². The number of hydrogen-bond donors (Lipinski definition) is 0. The highest BCUT2D eigenvalue weighted by atomic mass is 19.1. The normalized spacial score (nSPS) is 11.1. The number of rotatable bonds is 8. The van der Waals surface area contributed by atoms with Gasteiger partial charge in [-0.15, -0.1) is 0 Å². The van der Waals surface area contributed by atoms with E-state index in [-0.39, 0.29) is 18.2 Å². The summed E-state index contributed by atoms with van der Waals surface area (Å²) in [6.07, 6.45) is 4.92. The Hall–Kier alpha value is -3.41. The van der Waals surface area contributed by atoms with Gasteiger partial charge in [0.25, 0.3) is 0 Å². The van der Waals surface area contributed by atoms with Crippen LogP contribution < -0.4 is 0 Å². The lowest BCUT2D eigenvalue weighted by Gasteiger charge is -2.10. The number of carbonyl (C=O) groups is 2. The first-order valence-corrected chi connectivity index (χ1v) is 9.27. The van der Waals surface area contributed by atoms with Crippen LogP contribution in [0.3, 0.4) is 0 Å². The fraction of sp³-hybridized carbons (Fsp3) is 0.217. The number of furan rings is 1. The van der Waals surface area contributed by atoms with Crippen molar-refractivity contribution in [2.24, 2.45) is 0 Å². The Balaban J connectivity index is 1.58. The van der Waals surface area contributed by atoms with E-state index in [0.717, 1.165) is 23.4 Å². The standard InChI is InChI=1S/C23H22FNO4/c1-16-14-21(17(2)25(16)12-11-18-5-7-19(24)8-6-18)22(26)15-29-23(27)10-9-20-4-3-13-28-20/h3-10,13-14H,11-12,15H2,1-2H3. The average molecular weight is 395 g/mol.